The fourth-order valence-corrected chi connectivity index (χ4v) is 4.50. The first-order chi connectivity index (χ1) is 15.2. The highest BCUT2D eigenvalue weighted by Gasteiger charge is 2.58. The van der Waals surface area contributed by atoms with Gasteiger partial charge in [0.15, 0.2) is 0 Å². The van der Waals surface area contributed by atoms with E-state index in [0.29, 0.717) is 12.8 Å². The summed E-state index contributed by atoms with van der Waals surface area (Å²) in [5, 5.41) is 0. The number of hydrogen-bond donors (Lipinski definition) is 0. The predicted molar refractivity (Wildman–Crippen MR) is 116 cm³/mol. The van der Waals surface area contributed by atoms with Crippen LogP contribution in [0.5, 0.6) is 0 Å². The second kappa shape index (κ2) is 8.37. The maximum atomic E-state index is 13.3. The van der Waals surface area contributed by atoms with E-state index in [-0.39, 0.29) is 30.9 Å². The fourth-order valence-electron chi connectivity index (χ4n) is 4.50. The first-order valence-electron chi connectivity index (χ1n) is 11.0. The highest BCUT2D eigenvalue weighted by molar-refractivity contribution is 6.06. The molecular formula is C25H27FN2O4. The summed E-state index contributed by atoms with van der Waals surface area (Å²) in [5.41, 5.74) is 2.32. The molecule has 168 valence electrons. The van der Waals surface area contributed by atoms with Crippen molar-refractivity contribution in [2.75, 3.05) is 6.54 Å². The predicted octanol–water partition coefficient (Wildman–Crippen LogP) is 3.95. The highest BCUT2D eigenvalue weighted by Crippen LogP contribution is 2.45. The zero-order valence-electron chi connectivity index (χ0n) is 18.6. The van der Waals surface area contributed by atoms with Crippen LogP contribution >= 0.6 is 0 Å². The van der Waals surface area contributed by atoms with E-state index >= 15 is 0 Å². The van der Waals surface area contributed by atoms with Gasteiger partial charge in [-0.1, -0.05) is 37.3 Å². The minimum Gasteiger partial charge on any atom is -0.427 e. The van der Waals surface area contributed by atoms with E-state index < -0.39 is 17.6 Å². The topological polar surface area (TPSA) is 66.9 Å². The van der Waals surface area contributed by atoms with E-state index in [2.05, 4.69) is 13.0 Å². The van der Waals surface area contributed by atoms with Gasteiger partial charge in [0, 0.05) is 24.6 Å². The van der Waals surface area contributed by atoms with Crippen molar-refractivity contribution in [3.05, 3.63) is 70.5 Å². The Morgan fingerprint density at radius 2 is 1.84 bits per heavy atom. The average Bonchev–Trinajstić information content (AvgIpc) is 3.25. The molecule has 2 aromatic carbocycles. The summed E-state index contributed by atoms with van der Waals surface area (Å²) in [6.07, 6.45) is 1.12. The van der Waals surface area contributed by atoms with Crippen LogP contribution in [0.1, 0.15) is 49.4 Å². The van der Waals surface area contributed by atoms with E-state index in [1.807, 2.05) is 26.0 Å². The molecule has 0 unspecified atom stereocenters. The van der Waals surface area contributed by atoms with Gasteiger partial charge in [-0.25, -0.2) is 14.1 Å². The van der Waals surface area contributed by atoms with Crippen LogP contribution in [-0.2, 0) is 39.3 Å². The number of carbonyl (C=O) groups is 3. The molecule has 1 aliphatic carbocycles. The Balaban J connectivity index is 1.53. The van der Waals surface area contributed by atoms with Crippen LogP contribution in [0.25, 0.3) is 0 Å². The number of carbonyl (C=O) groups excluding carboxylic acids is 3. The van der Waals surface area contributed by atoms with Gasteiger partial charge in [-0.15, -0.1) is 0 Å². The van der Waals surface area contributed by atoms with E-state index in [0.717, 1.165) is 33.6 Å². The number of fused-ring (bicyclic) bond motifs is 2. The minimum absolute atomic E-state index is 0.171. The molecule has 1 saturated heterocycles. The van der Waals surface area contributed by atoms with E-state index in [4.69, 9.17) is 4.74 Å². The molecule has 3 amide bonds. The number of hydrogen-bond acceptors (Lipinski definition) is 4. The highest BCUT2D eigenvalue weighted by atomic mass is 19.1. The van der Waals surface area contributed by atoms with Crippen molar-refractivity contribution in [2.24, 2.45) is 0 Å². The first-order valence-corrected chi connectivity index (χ1v) is 11.0. The van der Waals surface area contributed by atoms with Crippen LogP contribution in [0.2, 0.25) is 0 Å². The fraction of sp³-hybridized carbons (Fsp3) is 0.400. The van der Waals surface area contributed by atoms with Crippen LogP contribution in [-0.4, -0.2) is 40.3 Å². The van der Waals surface area contributed by atoms with Gasteiger partial charge < -0.3 is 9.64 Å². The Bertz CT molecular complexity index is 1070. The number of nitrogens with zero attached hydrogens (tertiary/aromatic N) is 2. The number of ether oxygens (including phenoxy) is 1. The van der Waals surface area contributed by atoms with Crippen LogP contribution in [0.3, 0.4) is 0 Å². The molecular weight excluding hydrogens is 411 g/mol. The van der Waals surface area contributed by atoms with Crippen molar-refractivity contribution >= 4 is 17.9 Å². The summed E-state index contributed by atoms with van der Waals surface area (Å²) in [6, 6.07) is 11.6. The Morgan fingerprint density at radius 1 is 1.16 bits per heavy atom. The van der Waals surface area contributed by atoms with E-state index in [1.165, 1.54) is 12.1 Å². The molecule has 1 atom stereocenters. The van der Waals surface area contributed by atoms with Crippen molar-refractivity contribution in [2.45, 2.75) is 58.2 Å². The smallest absolute Gasteiger partial charge is 0.418 e. The number of benzene rings is 2. The number of aryl methyl sites for hydroxylation is 2. The lowest BCUT2D eigenvalue weighted by Gasteiger charge is -2.28. The summed E-state index contributed by atoms with van der Waals surface area (Å²) in [4.78, 5) is 41.6. The Labute approximate surface area is 187 Å². The normalized spacial score (nSPS) is 19.6. The third-order valence-electron chi connectivity index (χ3n) is 6.34. The van der Waals surface area contributed by atoms with Crippen molar-refractivity contribution < 1.29 is 23.5 Å². The molecule has 0 N–H and O–H groups in total. The summed E-state index contributed by atoms with van der Waals surface area (Å²) in [6.45, 7) is 5.63. The Morgan fingerprint density at radius 3 is 2.50 bits per heavy atom. The Kier molecular flexibility index (Phi) is 5.75. The van der Waals surface area contributed by atoms with Gasteiger partial charge in [0.25, 0.3) is 5.91 Å². The summed E-state index contributed by atoms with van der Waals surface area (Å²) >= 11 is 0. The van der Waals surface area contributed by atoms with Gasteiger partial charge in [-0.2, -0.15) is 0 Å². The quantitative estimate of drug-likeness (QED) is 0.685. The molecule has 0 bridgehead atoms. The summed E-state index contributed by atoms with van der Waals surface area (Å²) in [5.74, 6) is -1.20. The van der Waals surface area contributed by atoms with Gasteiger partial charge in [0.05, 0.1) is 0 Å². The number of rotatable bonds is 6. The minimum atomic E-state index is -1.33. The molecule has 4 rings (SSSR count). The van der Waals surface area contributed by atoms with Crippen molar-refractivity contribution in [1.82, 2.24) is 9.80 Å². The molecule has 6 nitrogen and oxygen atoms in total. The van der Waals surface area contributed by atoms with E-state index in [1.54, 1.807) is 17.0 Å². The van der Waals surface area contributed by atoms with Crippen molar-refractivity contribution in [3.63, 3.8) is 0 Å². The lowest BCUT2D eigenvalue weighted by Crippen LogP contribution is -2.46. The second-order valence-electron chi connectivity index (χ2n) is 8.67. The SMILES string of the molecule is CCc1ccc2c(c1)CC[C@@]21OC(=O)N(CC(=O)N(Cc2ccc(F)cc2)C(C)C)C1=O. The molecule has 1 spiro atoms. The van der Waals surface area contributed by atoms with Gasteiger partial charge in [-0.05, 0) is 55.5 Å². The second-order valence-corrected chi connectivity index (χ2v) is 8.67. The van der Waals surface area contributed by atoms with Crippen molar-refractivity contribution in [1.29, 1.82) is 0 Å². The van der Waals surface area contributed by atoms with Crippen LogP contribution in [0.4, 0.5) is 9.18 Å². The molecule has 2 aliphatic rings. The van der Waals surface area contributed by atoms with Crippen molar-refractivity contribution in [3.8, 4) is 0 Å². The lowest BCUT2D eigenvalue weighted by molar-refractivity contribution is -0.142. The van der Waals surface area contributed by atoms with Gasteiger partial charge in [-0.3, -0.25) is 9.59 Å². The van der Waals surface area contributed by atoms with E-state index in [9.17, 15) is 18.8 Å². The van der Waals surface area contributed by atoms with Crippen LogP contribution < -0.4 is 0 Å². The number of imide groups is 1. The zero-order valence-corrected chi connectivity index (χ0v) is 18.6. The molecule has 0 saturated carbocycles. The van der Waals surface area contributed by atoms with Crippen LogP contribution in [0, 0.1) is 5.82 Å². The molecule has 0 aromatic heterocycles. The molecule has 1 heterocycles. The van der Waals surface area contributed by atoms with Gasteiger partial charge >= 0.3 is 6.09 Å². The third kappa shape index (κ3) is 3.76. The molecule has 7 heteroatoms. The third-order valence-corrected chi connectivity index (χ3v) is 6.34. The molecule has 32 heavy (non-hydrogen) atoms. The van der Waals surface area contributed by atoms with Crippen LogP contribution in [0.15, 0.2) is 42.5 Å². The summed E-state index contributed by atoms with van der Waals surface area (Å²) < 4.78 is 18.8. The molecule has 1 fully saturated rings. The monoisotopic (exact) mass is 438 g/mol. The molecule has 0 radical (unpaired) electrons. The number of halogens is 1. The maximum Gasteiger partial charge on any atom is 0.418 e. The number of amides is 3. The summed E-state index contributed by atoms with van der Waals surface area (Å²) in [7, 11) is 0. The zero-order chi connectivity index (χ0) is 23.0. The lowest BCUT2D eigenvalue weighted by atomic mass is 9.94. The maximum absolute atomic E-state index is 13.3. The largest absolute Gasteiger partial charge is 0.427 e. The molecule has 1 aliphatic heterocycles. The Hall–Kier alpha value is -3.22. The standard InChI is InChI=1S/C25H27FN2O4/c1-4-17-7-10-21-19(13-17)11-12-25(21)23(30)28(24(31)32-25)15-22(29)27(16(2)3)14-18-5-8-20(26)9-6-18/h5-10,13,16H,4,11-12,14-15H2,1-3H3/t25-/m1/s1. The average molecular weight is 438 g/mol. The molecule has 2 aromatic rings. The van der Waals surface area contributed by atoms with Gasteiger partial charge in [0.1, 0.15) is 12.4 Å². The first kappa shape index (κ1) is 22.0. The van der Waals surface area contributed by atoms with Gasteiger partial charge in [0.2, 0.25) is 11.5 Å².